The summed E-state index contributed by atoms with van der Waals surface area (Å²) in [6, 6.07) is 18.3. The lowest BCUT2D eigenvalue weighted by Gasteiger charge is -2.16. The molecule has 3 rings (SSSR count). The van der Waals surface area contributed by atoms with Gasteiger partial charge in [0.15, 0.2) is 0 Å². The van der Waals surface area contributed by atoms with Crippen LogP contribution in [0.15, 0.2) is 70.9 Å². The fourth-order valence-corrected chi connectivity index (χ4v) is 4.81. The van der Waals surface area contributed by atoms with Crippen LogP contribution in [0.3, 0.4) is 0 Å². The summed E-state index contributed by atoms with van der Waals surface area (Å²) in [5, 5.41) is 4.71. The van der Waals surface area contributed by atoms with Crippen LogP contribution in [-0.2, 0) is 11.3 Å². The Kier molecular flexibility index (Phi) is 10.0. The van der Waals surface area contributed by atoms with Gasteiger partial charge in [0, 0.05) is 15.3 Å². The Labute approximate surface area is 205 Å². The van der Waals surface area contributed by atoms with E-state index in [0.29, 0.717) is 24.1 Å². The van der Waals surface area contributed by atoms with Crippen molar-refractivity contribution in [3.63, 3.8) is 0 Å². The summed E-state index contributed by atoms with van der Waals surface area (Å²) < 4.78 is 0. The number of amides is 2. The third kappa shape index (κ3) is 7.75. The Hall–Kier alpha value is -2.59. The van der Waals surface area contributed by atoms with Crippen LogP contribution in [0, 0.1) is 0 Å². The largest absolute Gasteiger partial charge is 0.342 e. The van der Waals surface area contributed by atoms with E-state index < -0.39 is 6.04 Å². The smallest absolute Gasteiger partial charge is 0.284 e. The van der Waals surface area contributed by atoms with Gasteiger partial charge in [-0.25, -0.2) is 5.43 Å². The van der Waals surface area contributed by atoms with Crippen molar-refractivity contribution in [1.29, 1.82) is 0 Å². The standard InChI is InChI=1S/C24H25N3O3S3/c1-31-13-11-18(16-28)26-27-23(29)21-10-9-19(14-22(21)17-6-3-2-4-7-17)33-24(30)25-15-20-8-5-12-32-20/h2-10,12,14,16,18,26H,11,13,15H2,1H3,(H,25,30)(H,27,29)/t18-/m1/s1. The maximum Gasteiger partial charge on any atom is 0.284 e. The number of thioether (sulfide) groups is 2. The fraction of sp³-hybridized carbons (Fsp3) is 0.208. The van der Waals surface area contributed by atoms with Crippen LogP contribution in [0.4, 0.5) is 4.79 Å². The Balaban J connectivity index is 1.74. The molecule has 1 atom stereocenters. The van der Waals surface area contributed by atoms with Crippen molar-refractivity contribution in [2.45, 2.75) is 23.9 Å². The van der Waals surface area contributed by atoms with Gasteiger partial charge in [-0.05, 0) is 71.0 Å². The minimum absolute atomic E-state index is 0.163. The van der Waals surface area contributed by atoms with Crippen LogP contribution in [0.5, 0.6) is 0 Å². The van der Waals surface area contributed by atoms with Crippen molar-refractivity contribution in [2.24, 2.45) is 0 Å². The van der Waals surface area contributed by atoms with Gasteiger partial charge in [-0.3, -0.25) is 15.0 Å². The zero-order chi connectivity index (χ0) is 23.5. The van der Waals surface area contributed by atoms with Crippen molar-refractivity contribution in [3.8, 4) is 11.1 Å². The molecule has 0 aliphatic carbocycles. The van der Waals surface area contributed by atoms with E-state index >= 15 is 0 Å². The topological polar surface area (TPSA) is 87.3 Å². The summed E-state index contributed by atoms with van der Waals surface area (Å²) in [5.74, 6) is 0.464. The molecule has 2 aromatic carbocycles. The highest BCUT2D eigenvalue weighted by molar-refractivity contribution is 8.13. The molecule has 33 heavy (non-hydrogen) atoms. The third-order valence-corrected chi connectivity index (χ3v) is 7.03. The summed E-state index contributed by atoms with van der Waals surface area (Å²) in [6.45, 7) is 0.482. The van der Waals surface area contributed by atoms with E-state index in [2.05, 4.69) is 16.2 Å². The van der Waals surface area contributed by atoms with E-state index in [1.165, 1.54) is 0 Å². The fourth-order valence-electron chi connectivity index (χ4n) is 3.00. The van der Waals surface area contributed by atoms with Crippen LogP contribution in [0.25, 0.3) is 11.1 Å². The quantitative estimate of drug-likeness (QED) is 0.196. The number of hydrazine groups is 1. The zero-order valence-corrected chi connectivity index (χ0v) is 20.5. The molecule has 3 aromatic rings. The van der Waals surface area contributed by atoms with Crippen LogP contribution >= 0.6 is 34.9 Å². The number of aldehydes is 1. The Morgan fingerprint density at radius 3 is 2.61 bits per heavy atom. The number of thiophene rings is 1. The highest BCUT2D eigenvalue weighted by Gasteiger charge is 2.16. The van der Waals surface area contributed by atoms with E-state index in [9.17, 15) is 14.4 Å². The molecule has 0 fully saturated rings. The van der Waals surface area contributed by atoms with Gasteiger partial charge >= 0.3 is 0 Å². The average Bonchev–Trinajstić information content (AvgIpc) is 3.37. The Bertz CT molecular complexity index is 1060. The minimum Gasteiger partial charge on any atom is -0.342 e. The first kappa shape index (κ1) is 25.0. The number of hydrogen-bond donors (Lipinski definition) is 3. The van der Waals surface area contributed by atoms with Crippen molar-refractivity contribution in [1.82, 2.24) is 16.2 Å². The van der Waals surface area contributed by atoms with Crippen LogP contribution < -0.4 is 16.2 Å². The zero-order valence-electron chi connectivity index (χ0n) is 18.1. The Morgan fingerprint density at radius 2 is 1.91 bits per heavy atom. The summed E-state index contributed by atoms with van der Waals surface area (Å²) in [4.78, 5) is 38.4. The molecule has 0 aliphatic rings. The first-order valence-electron chi connectivity index (χ1n) is 10.3. The predicted molar refractivity (Wildman–Crippen MR) is 138 cm³/mol. The molecule has 0 unspecified atom stereocenters. The number of benzene rings is 2. The van der Waals surface area contributed by atoms with E-state index in [1.54, 1.807) is 35.2 Å². The maximum atomic E-state index is 12.9. The van der Waals surface area contributed by atoms with E-state index in [4.69, 9.17) is 0 Å². The van der Waals surface area contributed by atoms with Crippen molar-refractivity contribution >= 4 is 52.3 Å². The molecular weight excluding hydrogens is 474 g/mol. The van der Waals surface area contributed by atoms with Crippen LogP contribution in [0.1, 0.15) is 21.7 Å². The highest BCUT2D eigenvalue weighted by atomic mass is 32.2. The Morgan fingerprint density at radius 1 is 1.09 bits per heavy atom. The lowest BCUT2D eigenvalue weighted by molar-refractivity contribution is -0.109. The van der Waals surface area contributed by atoms with Gasteiger partial charge in [-0.2, -0.15) is 11.8 Å². The average molecular weight is 500 g/mol. The molecule has 0 bridgehead atoms. The second kappa shape index (κ2) is 13.2. The molecule has 3 N–H and O–H groups in total. The van der Waals surface area contributed by atoms with Crippen LogP contribution in [-0.4, -0.2) is 35.5 Å². The van der Waals surface area contributed by atoms with Crippen LogP contribution in [0.2, 0.25) is 0 Å². The van der Waals surface area contributed by atoms with Gasteiger partial charge in [-0.15, -0.1) is 11.3 Å². The summed E-state index contributed by atoms with van der Waals surface area (Å²) >= 11 is 4.31. The van der Waals surface area contributed by atoms with E-state index in [0.717, 1.165) is 39.1 Å². The predicted octanol–water partition coefficient (Wildman–Crippen LogP) is 4.97. The monoisotopic (exact) mass is 499 g/mol. The summed E-state index contributed by atoms with van der Waals surface area (Å²) in [6.07, 6.45) is 3.38. The SMILES string of the molecule is CSCC[C@H](C=O)NNC(=O)c1ccc(SC(=O)NCc2cccs2)cc1-c1ccccc1. The van der Waals surface area contributed by atoms with Gasteiger partial charge in [0.1, 0.15) is 6.29 Å². The van der Waals surface area contributed by atoms with E-state index in [-0.39, 0.29) is 11.1 Å². The first-order valence-corrected chi connectivity index (χ1v) is 13.4. The number of carbonyl (C=O) groups excluding carboxylic acids is 3. The molecule has 0 radical (unpaired) electrons. The third-order valence-electron chi connectivity index (χ3n) is 4.69. The second-order valence-corrected chi connectivity index (χ2v) is 10.1. The molecule has 172 valence electrons. The molecule has 2 amide bonds. The number of hydrogen-bond acceptors (Lipinski definition) is 7. The number of rotatable bonds is 11. The highest BCUT2D eigenvalue weighted by Crippen LogP contribution is 2.29. The van der Waals surface area contributed by atoms with Gasteiger partial charge in [0.2, 0.25) is 0 Å². The van der Waals surface area contributed by atoms with Gasteiger partial charge in [0.25, 0.3) is 11.1 Å². The van der Waals surface area contributed by atoms with E-state index in [1.807, 2.05) is 60.2 Å². The lowest BCUT2D eigenvalue weighted by Crippen LogP contribution is -2.45. The summed E-state index contributed by atoms with van der Waals surface area (Å²) in [5.41, 5.74) is 7.48. The van der Waals surface area contributed by atoms with Crippen molar-refractivity contribution < 1.29 is 14.4 Å². The molecule has 6 nitrogen and oxygen atoms in total. The molecule has 9 heteroatoms. The molecular formula is C24H25N3O3S3. The number of nitrogens with one attached hydrogen (secondary N) is 3. The van der Waals surface area contributed by atoms with Gasteiger partial charge < -0.3 is 10.1 Å². The van der Waals surface area contributed by atoms with Gasteiger partial charge in [0.05, 0.1) is 12.6 Å². The molecule has 0 saturated heterocycles. The first-order chi connectivity index (χ1) is 16.1. The lowest BCUT2D eigenvalue weighted by atomic mass is 9.99. The summed E-state index contributed by atoms with van der Waals surface area (Å²) in [7, 11) is 0. The molecule has 1 aromatic heterocycles. The molecule has 1 heterocycles. The normalized spacial score (nSPS) is 11.5. The minimum atomic E-state index is -0.455. The van der Waals surface area contributed by atoms with Crippen molar-refractivity contribution in [3.05, 3.63) is 76.5 Å². The molecule has 0 spiro atoms. The number of carbonyl (C=O) groups is 3. The molecule has 0 aliphatic heterocycles. The maximum absolute atomic E-state index is 12.9. The second-order valence-electron chi connectivity index (χ2n) is 7.02. The van der Waals surface area contributed by atoms with Crippen molar-refractivity contribution in [2.75, 3.05) is 12.0 Å². The van der Waals surface area contributed by atoms with Gasteiger partial charge in [-0.1, -0.05) is 36.4 Å². The molecule has 0 saturated carbocycles.